The zero-order valence-corrected chi connectivity index (χ0v) is 12.5. The average molecular weight is 282 g/mol. The highest BCUT2D eigenvalue weighted by molar-refractivity contribution is 7.16. The number of hydrogen-bond acceptors (Lipinski definition) is 3. The Bertz CT molecular complexity index is 651. The lowest BCUT2D eigenvalue weighted by Crippen LogP contribution is -2.19. The second kappa shape index (κ2) is 5.78. The first kappa shape index (κ1) is 13.4. The molecule has 1 aliphatic rings. The molecular formula is C17H18N2S. The number of nitrogens with one attached hydrogen (secondary N) is 1. The molecule has 2 aromatic rings. The summed E-state index contributed by atoms with van der Waals surface area (Å²) in [5.74, 6) is 0. The van der Waals surface area contributed by atoms with Gasteiger partial charge >= 0.3 is 0 Å². The minimum Gasteiger partial charge on any atom is -0.310 e. The van der Waals surface area contributed by atoms with Crippen molar-refractivity contribution >= 4 is 11.3 Å². The quantitative estimate of drug-likeness (QED) is 0.908. The van der Waals surface area contributed by atoms with Gasteiger partial charge < -0.3 is 5.32 Å². The topological polar surface area (TPSA) is 35.8 Å². The van der Waals surface area contributed by atoms with Gasteiger partial charge in [0.1, 0.15) is 10.9 Å². The predicted octanol–water partition coefficient (Wildman–Crippen LogP) is 4.27. The Kier molecular flexibility index (Phi) is 3.86. The van der Waals surface area contributed by atoms with Gasteiger partial charge in [-0.05, 0) is 54.6 Å². The number of nitrogens with zero attached hydrogens (tertiary/aromatic N) is 1. The van der Waals surface area contributed by atoms with E-state index >= 15 is 0 Å². The molecule has 0 saturated heterocycles. The number of benzene rings is 1. The molecule has 1 aliphatic carbocycles. The Morgan fingerprint density at radius 3 is 3.00 bits per heavy atom. The van der Waals surface area contributed by atoms with Crippen LogP contribution in [0.15, 0.2) is 30.3 Å². The van der Waals surface area contributed by atoms with Crippen LogP contribution in [0.25, 0.3) is 10.4 Å². The maximum Gasteiger partial charge on any atom is 0.110 e. The first-order chi connectivity index (χ1) is 9.83. The number of rotatable bonds is 4. The molecule has 0 fully saturated rings. The SMILES string of the molecule is CCCNC1CCc2c(-c3ccc(C#N)s3)cccc21. The molecule has 1 heterocycles. The van der Waals surface area contributed by atoms with E-state index in [2.05, 4.69) is 42.6 Å². The molecule has 2 nitrogen and oxygen atoms in total. The fraction of sp³-hybridized carbons (Fsp3) is 0.353. The summed E-state index contributed by atoms with van der Waals surface area (Å²) < 4.78 is 0. The van der Waals surface area contributed by atoms with Crippen molar-refractivity contribution in [2.24, 2.45) is 0 Å². The minimum atomic E-state index is 0.500. The first-order valence-corrected chi connectivity index (χ1v) is 8.00. The van der Waals surface area contributed by atoms with Gasteiger partial charge in [-0.25, -0.2) is 0 Å². The molecule has 1 aromatic carbocycles. The van der Waals surface area contributed by atoms with Crippen molar-refractivity contribution in [2.45, 2.75) is 32.2 Å². The van der Waals surface area contributed by atoms with Crippen LogP contribution in [-0.2, 0) is 6.42 Å². The van der Waals surface area contributed by atoms with Crippen LogP contribution in [0.2, 0.25) is 0 Å². The van der Waals surface area contributed by atoms with Crippen molar-refractivity contribution < 1.29 is 0 Å². The van der Waals surface area contributed by atoms with E-state index < -0.39 is 0 Å². The Morgan fingerprint density at radius 1 is 1.35 bits per heavy atom. The summed E-state index contributed by atoms with van der Waals surface area (Å²) in [5, 5.41) is 12.6. The fourth-order valence-corrected chi connectivity index (χ4v) is 3.81. The van der Waals surface area contributed by atoms with Gasteiger partial charge in [0.05, 0.1) is 0 Å². The third kappa shape index (κ3) is 2.37. The molecule has 0 amide bonds. The largest absolute Gasteiger partial charge is 0.310 e. The average Bonchev–Trinajstić information content (AvgIpc) is 3.11. The van der Waals surface area contributed by atoms with Crippen molar-refractivity contribution in [3.05, 3.63) is 46.3 Å². The summed E-state index contributed by atoms with van der Waals surface area (Å²) in [6.07, 6.45) is 3.48. The van der Waals surface area contributed by atoms with E-state index in [4.69, 9.17) is 5.26 Å². The second-order valence-electron chi connectivity index (χ2n) is 5.19. The first-order valence-electron chi connectivity index (χ1n) is 7.19. The zero-order valence-electron chi connectivity index (χ0n) is 11.6. The van der Waals surface area contributed by atoms with E-state index in [-0.39, 0.29) is 0 Å². The van der Waals surface area contributed by atoms with Crippen molar-refractivity contribution in [3.8, 4) is 16.5 Å². The molecule has 0 radical (unpaired) electrons. The minimum absolute atomic E-state index is 0.500. The number of fused-ring (bicyclic) bond motifs is 1. The molecule has 1 unspecified atom stereocenters. The molecule has 3 heteroatoms. The summed E-state index contributed by atoms with van der Waals surface area (Å²) in [5.41, 5.74) is 4.23. The summed E-state index contributed by atoms with van der Waals surface area (Å²) in [6.45, 7) is 3.28. The maximum atomic E-state index is 8.98. The number of hydrogen-bond donors (Lipinski definition) is 1. The molecule has 1 aromatic heterocycles. The molecule has 0 spiro atoms. The molecule has 1 N–H and O–H groups in total. The van der Waals surface area contributed by atoms with E-state index in [0.717, 1.165) is 17.8 Å². The Labute approximate surface area is 124 Å². The van der Waals surface area contributed by atoms with Crippen LogP contribution in [0, 0.1) is 11.3 Å². The van der Waals surface area contributed by atoms with Gasteiger partial charge in [0.25, 0.3) is 0 Å². The van der Waals surface area contributed by atoms with Gasteiger partial charge in [-0.1, -0.05) is 25.1 Å². The van der Waals surface area contributed by atoms with Crippen LogP contribution < -0.4 is 5.32 Å². The third-order valence-corrected chi connectivity index (χ3v) is 4.92. The van der Waals surface area contributed by atoms with Crippen LogP contribution >= 0.6 is 11.3 Å². The summed E-state index contributed by atoms with van der Waals surface area (Å²) in [4.78, 5) is 2.01. The lowest BCUT2D eigenvalue weighted by molar-refractivity contribution is 0.529. The Hall–Kier alpha value is -1.63. The zero-order chi connectivity index (χ0) is 13.9. The summed E-state index contributed by atoms with van der Waals surface area (Å²) in [6, 6.07) is 13.3. The van der Waals surface area contributed by atoms with Gasteiger partial charge in [0.2, 0.25) is 0 Å². The highest BCUT2D eigenvalue weighted by Gasteiger charge is 2.24. The molecule has 102 valence electrons. The molecule has 3 rings (SSSR count). The molecule has 20 heavy (non-hydrogen) atoms. The maximum absolute atomic E-state index is 8.98. The molecule has 0 aliphatic heterocycles. The Morgan fingerprint density at radius 2 is 2.25 bits per heavy atom. The van der Waals surface area contributed by atoms with E-state index in [1.165, 1.54) is 34.4 Å². The van der Waals surface area contributed by atoms with Crippen molar-refractivity contribution in [3.63, 3.8) is 0 Å². The molecular weight excluding hydrogens is 264 g/mol. The van der Waals surface area contributed by atoms with E-state index in [0.29, 0.717) is 6.04 Å². The van der Waals surface area contributed by atoms with Gasteiger partial charge in [0.15, 0.2) is 0 Å². The highest BCUT2D eigenvalue weighted by atomic mass is 32.1. The van der Waals surface area contributed by atoms with Crippen molar-refractivity contribution in [1.82, 2.24) is 5.32 Å². The van der Waals surface area contributed by atoms with Gasteiger partial charge in [-0.3, -0.25) is 0 Å². The van der Waals surface area contributed by atoms with Crippen molar-refractivity contribution in [2.75, 3.05) is 6.54 Å². The highest BCUT2D eigenvalue weighted by Crippen LogP contribution is 2.39. The van der Waals surface area contributed by atoms with Crippen LogP contribution in [0.3, 0.4) is 0 Å². The smallest absolute Gasteiger partial charge is 0.110 e. The predicted molar refractivity (Wildman–Crippen MR) is 83.8 cm³/mol. The second-order valence-corrected chi connectivity index (χ2v) is 6.28. The van der Waals surface area contributed by atoms with E-state index in [1.54, 1.807) is 11.3 Å². The van der Waals surface area contributed by atoms with Crippen LogP contribution in [0.4, 0.5) is 0 Å². The van der Waals surface area contributed by atoms with Crippen LogP contribution in [-0.4, -0.2) is 6.54 Å². The normalized spacial score (nSPS) is 16.9. The number of nitriles is 1. The van der Waals surface area contributed by atoms with Crippen molar-refractivity contribution in [1.29, 1.82) is 5.26 Å². The van der Waals surface area contributed by atoms with Gasteiger partial charge in [0, 0.05) is 10.9 Å². The van der Waals surface area contributed by atoms with Crippen LogP contribution in [0.5, 0.6) is 0 Å². The lowest BCUT2D eigenvalue weighted by atomic mass is 10.0. The molecule has 1 atom stereocenters. The molecule has 0 saturated carbocycles. The van der Waals surface area contributed by atoms with E-state index in [1.807, 2.05) is 6.07 Å². The lowest BCUT2D eigenvalue weighted by Gasteiger charge is -2.14. The third-order valence-electron chi connectivity index (χ3n) is 3.89. The fourth-order valence-electron chi connectivity index (χ4n) is 2.96. The van der Waals surface area contributed by atoms with Gasteiger partial charge in [-0.15, -0.1) is 11.3 Å². The summed E-state index contributed by atoms with van der Waals surface area (Å²) in [7, 11) is 0. The Balaban J connectivity index is 1.95. The van der Waals surface area contributed by atoms with Gasteiger partial charge in [-0.2, -0.15) is 5.26 Å². The van der Waals surface area contributed by atoms with Crippen LogP contribution in [0.1, 0.15) is 41.8 Å². The molecule has 0 bridgehead atoms. The number of thiophene rings is 1. The van der Waals surface area contributed by atoms with E-state index in [9.17, 15) is 0 Å². The standard InChI is InChI=1S/C17H18N2S/c1-2-10-19-16-8-7-13-14(16)4-3-5-15(13)17-9-6-12(11-18)20-17/h3-6,9,16,19H,2,7-8,10H2,1H3. The summed E-state index contributed by atoms with van der Waals surface area (Å²) >= 11 is 1.59. The monoisotopic (exact) mass is 282 g/mol.